The molecule has 3 aromatic heterocycles. The number of carbonyl (C=O) groups excluding carboxylic acids is 2. The highest BCUT2D eigenvalue weighted by Crippen LogP contribution is 2.44. The fourth-order valence-corrected chi connectivity index (χ4v) is 5.17. The highest BCUT2D eigenvalue weighted by molar-refractivity contribution is 5.93. The van der Waals surface area contributed by atoms with Gasteiger partial charge >= 0.3 is 0 Å². The van der Waals surface area contributed by atoms with Crippen LogP contribution in [0, 0.1) is 18.8 Å². The second-order valence-electron chi connectivity index (χ2n) is 10.4. The third-order valence-corrected chi connectivity index (χ3v) is 7.33. The number of nitrogens with one attached hydrogen (secondary N) is 2. The molecule has 39 heavy (non-hydrogen) atoms. The van der Waals surface area contributed by atoms with Gasteiger partial charge in [-0.25, -0.2) is 31.7 Å². The van der Waals surface area contributed by atoms with Gasteiger partial charge in [0.2, 0.25) is 17.8 Å². The zero-order valence-corrected chi connectivity index (χ0v) is 20.9. The highest BCUT2D eigenvalue weighted by atomic mass is 19.3. The molecule has 2 saturated carbocycles. The van der Waals surface area contributed by atoms with E-state index < -0.39 is 41.8 Å². The molecule has 5 rings (SSSR count). The van der Waals surface area contributed by atoms with Crippen LogP contribution in [0.25, 0.3) is 5.65 Å². The summed E-state index contributed by atoms with van der Waals surface area (Å²) < 4.78 is 59.7. The zero-order chi connectivity index (χ0) is 27.9. The van der Waals surface area contributed by atoms with Crippen LogP contribution in [0.15, 0.2) is 23.1 Å². The van der Waals surface area contributed by atoms with Crippen molar-refractivity contribution >= 4 is 17.5 Å². The summed E-state index contributed by atoms with van der Waals surface area (Å²) in [7, 11) is 0. The second kappa shape index (κ2) is 10.2. The maximum absolute atomic E-state index is 13.9. The van der Waals surface area contributed by atoms with E-state index in [9.17, 15) is 32.3 Å². The van der Waals surface area contributed by atoms with Crippen molar-refractivity contribution in [3.05, 3.63) is 41.1 Å². The van der Waals surface area contributed by atoms with Gasteiger partial charge in [0, 0.05) is 37.7 Å². The van der Waals surface area contributed by atoms with Crippen molar-refractivity contribution in [3.63, 3.8) is 0 Å². The van der Waals surface area contributed by atoms with E-state index in [1.807, 2.05) is 0 Å². The fraction of sp³-hybridized carbons (Fsp3) is 0.583. The molecular weight excluding hydrogens is 526 g/mol. The molecule has 2 aliphatic rings. The van der Waals surface area contributed by atoms with Crippen LogP contribution in [0.3, 0.4) is 0 Å². The Balaban J connectivity index is 1.33. The molecule has 0 bridgehead atoms. The van der Waals surface area contributed by atoms with Gasteiger partial charge in [-0.15, -0.1) is 0 Å². The number of imidazole rings is 1. The van der Waals surface area contributed by atoms with Crippen LogP contribution >= 0.6 is 0 Å². The molecule has 2 fully saturated rings. The Labute approximate surface area is 219 Å². The van der Waals surface area contributed by atoms with E-state index in [1.165, 1.54) is 16.8 Å². The molecule has 0 radical (unpaired) electrons. The molecule has 15 heteroatoms. The monoisotopic (exact) mass is 553 g/mol. The summed E-state index contributed by atoms with van der Waals surface area (Å²) in [6.07, 6.45) is 0.216. The summed E-state index contributed by atoms with van der Waals surface area (Å²) in [5, 5.41) is 27.1. The quantitative estimate of drug-likeness (QED) is 0.285. The van der Waals surface area contributed by atoms with E-state index in [2.05, 4.69) is 35.7 Å². The average molecular weight is 554 g/mol. The molecule has 11 nitrogen and oxygen atoms in total. The fourth-order valence-electron chi connectivity index (χ4n) is 5.17. The van der Waals surface area contributed by atoms with Gasteiger partial charge in [0.05, 0.1) is 24.1 Å². The summed E-state index contributed by atoms with van der Waals surface area (Å²) in [5.41, 5.74) is 1.07. The van der Waals surface area contributed by atoms with Crippen molar-refractivity contribution in [2.75, 3.05) is 0 Å². The Bertz CT molecular complexity index is 1360. The van der Waals surface area contributed by atoms with E-state index in [-0.39, 0.29) is 73.5 Å². The molecule has 3 N–H and O–H groups in total. The SMILES string of the molecule is Cc1nonc1C(=O)N[C@H](c1cn2ncc([C@@H](O)NC(=O)CC3CC(F)(F)C3)cc2n1)C1CCC(F)(F)CC1. The number of rotatable bonds is 8. The summed E-state index contributed by atoms with van der Waals surface area (Å²) in [4.78, 5) is 29.6. The molecule has 2 aliphatic carbocycles. The average Bonchev–Trinajstić information content (AvgIpc) is 3.47. The summed E-state index contributed by atoms with van der Waals surface area (Å²) >= 11 is 0. The first kappa shape index (κ1) is 27.0. The number of aryl methyl sites for hydroxylation is 1. The Morgan fingerprint density at radius 2 is 1.87 bits per heavy atom. The first-order valence-electron chi connectivity index (χ1n) is 12.6. The van der Waals surface area contributed by atoms with E-state index in [0.29, 0.717) is 5.69 Å². The number of nitrogens with zero attached hydrogens (tertiary/aromatic N) is 5. The normalized spacial score (nSPS) is 20.8. The molecular formula is C24H27F4N7O4. The highest BCUT2D eigenvalue weighted by Gasteiger charge is 2.46. The minimum absolute atomic E-state index is 0.0326. The summed E-state index contributed by atoms with van der Waals surface area (Å²) in [5.74, 6) is -7.45. The molecule has 0 saturated heterocycles. The molecule has 3 heterocycles. The van der Waals surface area contributed by atoms with E-state index in [0.717, 1.165) is 0 Å². The second-order valence-corrected chi connectivity index (χ2v) is 10.4. The van der Waals surface area contributed by atoms with Gasteiger partial charge in [0.25, 0.3) is 5.91 Å². The van der Waals surface area contributed by atoms with Crippen LogP contribution in [-0.2, 0) is 4.79 Å². The van der Waals surface area contributed by atoms with Gasteiger partial charge in [-0.2, -0.15) is 5.10 Å². The number of aliphatic hydroxyl groups is 1. The van der Waals surface area contributed by atoms with Gasteiger partial charge in [-0.05, 0) is 42.8 Å². The maximum atomic E-state index is 13.9. The van der Waals surface area contributed by atoms with Gasteiger partial charge in [-0.1, -0.05) is 5.16 Å². The predicted octanol–water partition coefficient (Wildman–Crippen LogP) is 3.26. The maximum Gasteiger partial charge on any atom is 0.276 e. The van der Waals surface area contributed by atoms with Gasteiger partial charge in [0.1, 0.15) is 5.69 Å². The smallest absolute Gasteiger partial charge is 0.276 e. The van der Waals surface area contributed by atoms with Crippen molar-refractivity contribution in [1.82, 2.24) is 35.5 Å². The number of alkyl halides is 4. The Hall–Kier alpha value is -3.62. The third-order valence-electron chi connectivity index (χ3n) is 7.33. The van der Waals surface area contributed by atoms with Crippen LogP contribution < -0.4 is 10.6 Å². The molecule has 0 unspecified atom stereocenters. The Kier molecular flexibility index (Phi) is 7.03. The number of hydrogen-bond donors (Lipinski definition) is 3. The van der Waals surface area contributed by atoms with Crippen molar-refractivity contribution in [2.45, 2.75) is 76.0 Å². The van der Waals surface area contributed by atoms with Crippen molar-refractivity contribution in [1.29, 1.82) is 0 Å². The number of aliphatic hydroxyl groups excluding tert-OH is 1. The minimum atomic E-state index is -2.77. The largest absolute Gasteiger partial charge is 0.369 e. The lowest BCUT2D eigenvalue weighted by Crippen LogP contribution is -2.39. The summed E-state index contributed by atoms with van der Waals surface area (Å²) in [6.45, 7) is 1.55. The number of amides is 2. The molecule has 210 valence electrons. The number of halogens is 4. The van der Waals surface area contributed by atoms with Gasteiger partial charge < -0.3 is 15.7 Å². The lowest BCUT2D eigenvalue weighted by molar-refractivity contribution is -0.136. The molecule has 2 atom stereocenters. The number of carbonyl (C=O) groups is 2. The Morgan fingerprint density at radius 3 is 2.51 bits per heavy atom. The number of fused-ring (bicyclic) bond motifs is 1. The van der Waals surface area contributed by atoms with Gasteiger partial charge in [-0.3, -0.25) is 9.59 Å². The molecule has 0 aromatic carbocycles. The van der Waals surface area contributed by atoms with E-state index in [4.69, 9.17) is 0 Å². The van der Waals surface area contributed by atoms with Crippen molar-refractivity contribution in [3.8, 4) is 0 Å². The molecule has 3 aromatic rings. The number of hydrogen-bond acceptors (Lipinski definition) is 8. The summed E-state index contributed by atoms with van der Waals surface area (Å²) in [6, 6.07) is 0.721. The topological polar surface area (TPSA) is 148 Å². The van der Waals surface area contributed by atoms with Crippen LogP contribution in [0.5, 0.6) is 0 Å². The number of aromatic nitrogens is 5. The first-order valence-corrected chi connectivity index (χ1v) is 12.6. The standard InChI is InChI=1S/C24H27F4N7O4/c1-12-19(34-39-33-12)22(38)32-20(14-2-4-23(25,26)5-3-14)16-11-35-17(30-16)7-15(10-29-35)21(37)31-18(36)6-13-8-24(27,28)9-13/h7,10-11,13-14,20-21,37H,2-6,8-9H2,1H3,(H,31,36)(H,32,38)/t20-,21+/m0/s1. The lowest BCUT2D eigenvalue weighted by Gasteiger charge is -2.34. The lowest BCUT2D eigenvalue weighted by atomic mass is 9.79. The van der Waals surface area contributed by atoms with Gasteiger partial charge in [0.15, 0.2) is 17.6 Å². The van der Waals surface area contributed by atoms with Crippen molar-refractivity contribution < 1.29 is 36.9 Å². The first-order chi connectivity index (χ1) is 18.4. The minimum Gasteiger partial charge on any atom is -0.369 e. The van der Waals surface area contributed by atoms with Crippen LogP contribution in [0.4, 0.5) is 17.6 Å². The molecule has 2 amide bonds. The predicted molar refractivity (Wildman–Crippen MR) is 125 cm³/mol. The van der Waals surface area contributed by atoms with Crippen LogP contribution in [-0.4, -0.2) is 53.7 Å². The van der Waals surface area contributed by atoms with Crippen LogP contribution in [0.2, 0.25) is 0 Å². The van der Waals surface area contributed by atoms with E-state index >= 15 is 0 Å². The molecule has 0 aliphatic heterocycles. The zero-order valence-electron chi connectivity index (χ0n) is 20.9. The molecule has 0 spiro atoms. The van der Waals surface area contributed by atoms with Crippen LogP contribution in [0.1, 0.15) is 84.7 Å². The third kappa shape index (κ3) is 6.02. The van der Waals surface area contributed by atoms with E-state index in [1.54, 1.807) is 13.1 Å². The van der Waals surface area contributed by atoms with Crippen molar-refractivity contribution in [2.24, 2.45) is 11.8 Å². The Morgan fingerprint density at radius 1 is 1.15 bits per heavy atom.